The van der Waals surface area contributed by atoms with Gasteiger partial charge in [0.2, 0.25) is 0 Å². The molecule has 0 heterocycles. The quantitative estimate of drug-likeness (QED) is 0.790. The number of hydrogen-bond acceptors (Lipinski definition) is 5. The van der Waals surface area contributed by atoms with Crippen molar-refractivity contribution in [2.24, 2.45) is 0 Å². The number of hydrogen-bond donors (Lipinski definition) is 2. The predicted octanol–water partition coefficient (Wildman–Crippen LogP) is 3.49. The van der Waals surface area contributed by atoms with Crippen LogP contribution in [0.25, 0.3) is 0 Å². The molecule has 0 bridgehead atoms. The van der Waals surface area contributed by atoms with E-state index in [1.54, 1.807) is 12.1 Å². The normalized spacial score (nSPS) is 14.4. The topological polar surface area (TPSA) is 83.8 Å². The molecule has 0 radical (unpaired) electrons. The van der Waals surface area contributed by atoms with Gasteiger partial charge in [0.25, 0.3) is 0 Å². The summed E-state index contributed by atoms with van der Waals surface area (Å²) in [4.78, 5) is 22.6. The number of aryl methyl sites for hydroxylation is 2. The molecule has 2 aliphatic rings. The lowest BCUT2D eigenvalue weighted by Gasteiger charge is -2.07. The van der Waals surface area contributed by atoms with Crippen molar-refractivity contribution < 1.29 is 24.5 Å². The molecule has 4 rings (SSSR count). The largest absolute Gasteiger partial charge is 0.508 e. The van der Waals surface area contributed by atoms with Crippen LogP contribution in [0.3, 0.4) is 0 Å². The number of unbranched alkanes of at least 4 members (excludes halogenated alkanes) is 1. The number of carbonyl (C=O) groups excluding carboxylic acids is 2. The Hall–Kier alpha value is -2.66. The lowest BCUT2D eigenvalue weighted by Crippen LogP contribution is -2.00. The zero-order valence-corrected chi connectivity index (χ0v) is 15.2. The maximum Gasteiger partial charge on any atom is 0.163 e. The number of aliphatic hydroxyl groups is 1. The number of Topliss-reactive ketones (excluding diaryl/α,β-unsaturated/α-hetero) is 2. The molecule has 2 aromatic rings. The molecule has 0 saturated carbocycles. The van der Waals surface area contributed by atoms with Crippen molar-refractivity contribution in [2.75, 3.05) is 13.2 Å². The Labute approximate surface area is 158 Å². The van der Waals surface area contributed by atoms with E-state index in [2.05, 4.69) is 0 Å². The van der Waals surface area contributed by atoms with Gasteiger partial charge >= 0.3 is 0 Å². The standard InChI is InChI=1S/C13H16O3.C9H8O2/c14-7-1-2-8-16-11-5-3-10-4-6-13(15)12(10)9-11;10-7-3-1-6-2-4-9(11)8(6)5-7/h3,5,9,14H,1-2,4,6-8H2;1,3,5,10H,2,4H2. The van der Waals surface area contributed by atoms with Gasteiger partial charge in [-0.05, 0) is 61.1 Å². The number of ether oxygens (including phenoxy) is 1. The highest BCUT2D eigenvalue weighted by Gasteiger charge is 2.20. The number of phenols is 1. The van der Waals surface area contributed by atoms with Gasteiger partial charge in [0.1, 0.15) is 11.5 Å². The van der Waals surface area contributed by atoms with Gasteiger partial charge in [0.15, 0.2) is 11.6 Å². The minimum atomic E-state index is 0.149. The Morgan fingerprint density at radius 2 is 1.44 bits per heavy atom. The molecule has 0 aliphatic heterocycles. The molecule has 0 unspecified atom stereocenters. The third-order valence-electron chi connectivity index (χ3n) is 4.84. The minimum Gasteiger partial charge on any atom is -0.508 e. The fourth-order valence-corrected chi connectivity index (χ4v) is 3.33. The van der Waals surface area contributed by atoms with Gasteiger partial charge in [-0.15, -0.1) is 0 Å². The summed E-state index contributed by atoms with van der Waals surface area (Å²) >= 11 is 0. The van der Waals surface area contributed by atoms with Gasteiger partial charge in [0.05, 0.1) is 6.61 Å². The third kappa shape index (κ3) is 4.74. The van der Waals surface area contributed by atoms with Gasteiger partial charge in [-0.2, -0.15) is 0 Å². The second-order valence-corrected chi connectivity index (χ2v) is 6.79. The van der Waals surface area contributed by atoms with E-state index in [1.165, 1.54) is 0 Å². The molecular weight excluding hydrogens is 344 g/mol. The summed E-state index contributed by atoms with van der Waals surface area (Å²) in [7, 11) is 0. The Balaban J connectivity index is 0.000000166. The van der Waals surface area contributed by atoms with E-state index in [-0.39, 0.29) is 23.9 Å². The summed E-state index contributed by atoms with van der Waals surface area (Å²) in [5.41, 5.74) is 3.71. The van der Waals surface area contributed by atoms with Crippen molar-refractivity contribution in [3.8, 4) is 11.5 Å². The zero-order chi connectivity index (χ0) is 19.2. The van der Waals surface area contributed by atoms with Gasteiger partial charge in [0, 0.05) is 30.6 Å². The molecule has 2 aliphatic carbocycles. The second kappa shape index (κ2) is 8.82. The first-order chi connectivity index (χ1) is 13.1. The Bertz CT molecular complexity index is 841. The van der Waals surface area contributed by atoms with Crippen LogP contribution in [-0.2, 0) is 12.8 Å². The molecule has 0 aromatic heterocycles. The number of benzene rings is 2. The van der Waals surface area contributed by atoms with Crippen LogP contribution in [0.1, 0.15) is 57.5 Å². The summed E-state index contributed by atoms with van der Waals surface area (Å²) in [5.74, 6) is 1.30. The number of aromatic hydroxyl groups is 1. The van der Waals surface area contributed by atoms with Gasteiger partial charge in [-0.3, -0.25) is 9.59 Å². The lowest BCUT2D eigenvalue weighted by atomic mass is 10.1. The minimum absolute atomic E-state index is 0.149. The van der Waals surface area contributed by atoms with Crippen molar-refractivity contribution in [1.29, 1.82) is 0 Å². The van der Waals surface area contributed by atoms with E-state index in [0.29, 0.717) is 25.0 Å². The number of ketones is 2. The first kappa shape index (κ1) is 19.1. The van der Waals surface area contributed by atoms with Gasteiger partial charge < -0.3 is 14.9 Å². The summed E-state index contributed by atoms with van der Waals surface area (Å²) in [6.07, 6.45) is 4.50. The van der Waals surface area contributed by atoms with Crippen molar-refractivity contribution in [3.63, 3.8) is 0 Å². The van der Waals surface area contributed by atoms with Crippen molar-refractivity contribution in [1.82, 2.24) is 0 Å². The molecule has 5 nitrogen and oxygen atoms in total. The molecule has 27 heavy (non-hydrogen) atoms. The van der Waals surface area contributed by atoms with Crippen LogP contribution in [0.15, 0.2) is 36.4 Å². The maximum absolute atomic E-state index is 11.5. The van der Waals surface area contributed by atoms with Gasteiger partial charge in [-0.25, -0.2) is 0 Å². The average Bonchev–Trinajstić information content (AvgIpc) is 3.22. The molecule has 0 amide bonds. The average molecular weight is 368 g/mol. The van der Waals surface area contributed by atoms with E-state index in [9.17, 15) is 9.59 Å². The smallest absolute Gasteiger partial charge is 0.163 e. The Morgan fingerprint density at radius 3 is 2.11 bits per heavy atom. The zero-order valence-electron chi connectivity index (χ0n) is 15.2. The van der Waals surface area contributed by atoms with E-state index in [1.807, 2.05) is 24.3 Å². The molecular formula is C22H24O5. The molecule has 2 N–H and O–H groups in total. The predicted molar refractivity (Wildman–Crippen MR) is 102 cm³/mol. The number of carbonyl (C=O) groups is 2. The summed E-state index contributed by atoms with van der Waals surface area (Å²) in [6, 6.07) is 10.7. The van der Waals surface area contributed by atoms with Crippen LogP contribution >= 0.6 is 0 Å². The van der Waals surface area contributed by atoms with E-state index < -0.39 is 0 Å². The van der Waals surface area contributed by atoms with Crippen molar-refractivity contribution >= 4 is 11.6 Å². The molecule has 0 atom stereocenters. The number of phenolic OH excluding ortho intramolecular Hbond substituents is 1. The fourth-order valence-electron chi connectivity index (χ4n) is 3.33. The summed E-state index contributed by atoms with van der Waals surface area (Å²) in [6.45, 7) is 0.791. The van der Waals surface area contributed by atoms with Crippen LogP contribution in [0.4, 0.5) is 0 Å². The monoisotopic (exact) mass is 368 g/mol. The number of fused-ring (bicyclic) bond motifs is 2. The molecule has 2 aromatic carbocycles. The van der Waals surface area contributed by atoms with Crippen LogP contribution in [-0.4, -0.2) is 35.0 Å². The fraction of sp³-hybridized carbons (Fsp3) is 0.364. The molecule has 142 valence electrons. The highest BCUT2D eigenvalue weighted by molar-refractivity contribution is 6.01. The first-order valence-corrected chi connectivity index (χ1v) is 9.33. The SMILES string of the molecule is O=C1CCc2ccc(O)cc21.O=C1CCc2ccc(OCCCCO)cc21. The third-order valence-corrected chi connectivity index (χ3v) is 4.84. The van der Waals surface area contributed by atoms with Gasteiger partial charge in [-0.1, -0.05) is 12.1 Å². The highest BCUT2D eigenvalue weighted by atomic mass is 16.5. The van der Waals surface area contributed by atoms with Crippen LogP contribution < -0.4 is 4.74 Å². The van der Waals surface area contributed by atoms with Crippen molar-refractivity contribution in [3.05, 3.63) is 58.7 Å². The lowest BCUT2D eigenvalue weighted by molar-refractivity contribution is 0.0986. The first-order valence-electron chi connectivity index (χ1n) is 9.33. The summed E-state index contributed by atoms with van der Waals surface area (Å²) in [5, 5.41) is 17.7. The number of aliphatic hydroxyl groups excluding tert-OH is 1. The second-order valence-electron chi connectivity index (χ2n) is 6.79. The molecule has 0 fully saturated rings. The molecule has 0 saturated heterocycles. The highest BCUT2D eigenvalue weighted by Crippen LogP contribution is 2.26. The van der Waals surface area contributed by atoms with E-state index >= 15 is 0 Å². The molecule has 5 heteroatoms. The Morgan fingerprint density at radius 1 is 0.815 bits per heavy atom. The van der Waals surface area contributed by atoms with E-state index in [4.69, 9.17) is 14.9 Å². The number of rotatable bonds is 5. The molecule has 0 spiro atoms. The van der Waals surface area contributed by atoms with E-state index in [0.717, 1.165) is 48.1 Å². The van der Waals surface area contributed by atoms with Crippen LogP contribution in [0.2, 0.25) is 0 Å². The summed E-state index contributed by atoms with van der Waals surface area (Å²) < 4.78 is 5.52. The Kier molecular flexibility index (Phi) is 6.24. The maximum atomic E-state index is 11.5. The van der Waals surface area contributed by atoms with Crippen LogP contribution in [0.5, 0.6) is 11.5 Å². The van der Waals surface area contributed by atoms with Crippen LogP contribution in [0, 0.1) is 0 Å². The van der Waals surface area contributed by atoms with Crippen molar-refractivity contribution in [2.45, 2.75) is 38.5 Å².